The summed E-state index contributed by atoms with van der Waals surface area (Å²) < 4.78 is 32.5. The number of aromatic nitrogens is 1. The van der Waals surface area contributed by atoms with Crippen molar-refractivity contribution in [3.8, 4) is 5.75 Å². The van der Waals surface area contributed by atoms with Crippen LogP contribution in [0.25, 0.3) is 0 Å². The first-order chi connectivity index (χ1) is 11.3. The fourth-order valence-electron chi connectivity index (χ4n) is 2.10. The lowest BCUT2D eigenvalue weighted by molar-refractivity contribution is 0.411. The molecule has 0 unspecified atom stereocenters. The van der Waals surface area contributed by atoms with Crippen molar-refractivity contribution in [2.45, 2.75) is 25.7 Å². The van der Waals surface area contributed by atoms with Gasteiger partial charge in [0.2, 0.25) is 0 Å². The van der Waals surface area contributed by atoms with Crippen LogP contribution in [0, 0.1) is 12.8 Å². The average Bonchev–Trinajstić information content (AvgIpc) is 2.53. The van der Waals surface area contributed by atoms with Crippen molar-refractivity contribution in [1.29, 1.82) is 0 Å². The Hall–Kier alpha value is -2.28. The normalized spacial score (nSPS) is 11.4. The Bertz CT molecular complexity index is 787. The Kier molecular flexibility index (Phi) is 5.66. The number of sulfonamides is 1. The minimum atomic E-state index is -3.69. The van der Waals surface area contributed by atoms with Gasteiger partial charge in [0.05, 0.1) is 23.9 Å². The van der Waals surface area contributed by atoms with Crippen molar-refractivity contribution in [3.63, 3.8) is 0 Å². The maximum atomic E-state index is 12.4. The summed E-state index contributed by atoms with van der Waals surface area (Å²) in [5.74, 6) is 1.44. The number of nitrogens with zero attached hydrogens (tertiary/aromatic N) is 1. The first-order valence-electron chi connectivity index (χ1n) is 7.69. The van der Waals surface area contributed by atoms with E-state index < -0.39 is 10.0 Å². The van der Waals surface area contributed by atoms with Crippen LogP contribution >= 0.6 is 0 Å². The summed E-state index contributed by atoms with van der Waals surface area (Å²) in [5, 5.41) is 3.23. The summed E-state index contributed by atoms with van der Waals surface area (Å²) >= 11 is 0. The van der Waals surface area contributed by atoms with Crippen LogP contribution in [0.5, 0.6) is 5.75 Å². The van der Waals surface area contributed by atoms with E-state index in [-0.39, 0.29) is 10.7 Å². The molecule has 0 spiro atoms. The molecule has 1 aromatic carbocycles. The van der Waals surface area contributed by atoms with E-state index >= 15 is 0 Å². The third-order valence-electron chi connectivity index (χ3n) is 3.39. The Balaban J connectivity index is 2.12. The largest absolute Gasteiger partial charge is 0.496 e. The molecule has 24 heavy (non-hydrogen) atoms. The number of hydrogen-bond acceptors (Lipinski definition) is 5. The highest BCUT2D eigenvalue weighted by atomic mass is 32.2. The summed E-state index contributed by atoms with van der Waals surface area (Å²) in [7, 11) is -2.14. The molecule has 1 aromatic heterocycles. The number of rotatable bonds is 7. The van der Waals surface area contributed by atoms with Crippen LogP contribution in [-0.2, 0) is 10.0 Å². The fourth-order valence-corrected chi connectivity index (χ4v) is 3.19. The van der Waals surface area contributed by atoms with Crippen LogP contribution in [-0.4, -0.2) is 27.1 Å². The van der Waals surface area contributed by atoms with Crippen molar-refractivity contribution in [1.82, 2.24) is 4.98 Å². The van der Waals surface area contributed by atoms with Gasteiger partial charge in [-0.15, -0.1) is 0 Å². The van der Waals surface area contributed by atoms with Crippen LogP contribution in [0.1, 0.15) is 19.4 Å². The predicted octanol–water partition coefficient (Wildman–Crippen LogP) is 3.27. The molecule has 1 heterocycles. The first-order valence-corrected chi connectivity index (χ1v) is 9.17. The van der Waals surface area contributed by atoms with E-state index in [4.69, 9.17) is 4.74 Å². The van der Waals surface area contributed by atoms with Gasteiger partial charge in [-0.3, -0.25) is 4.72 Å². The second-order valence-corrected chi connectivity index (χ2v) is 7.63. The lowest BCUT2D eigenvalue weighted by Gasteiger charge is -2.11. The number of hydrogen-bond donors (Lipinski definition) is 2. The van der Waals surface area contributed by atoms with E-state index in [1.165, 1.54) is 6.07 Å². The standard InChI is InChI=1S/C17H23N3O3S/c1-12(2)10-18-14-5-8-17(19-11-14)20-24(21,22)15-6-7-16(23-4)13(3)9-15/h5-9,11-12,18H,10H2,1-4H3,(H,19,20). The van der Waals surface area contributed by atoms with Crippen molar-refractivity contribution in [2.24, 2.45) is 5.92 Å². The minimum Gasteiger partial charge on any atom is -0.496 e. The van der Waals surface area contributed by atoms with Crippen LogP contribution in [0.3, 0.4) is 0 Å². The molecule has 0 aliphatic heterocycles. The Morgan fingerprint density at radius 1 is 1.21 bits per heavy atom. The maximum Gasteiger partial charge on any atom is 0.263 e. The number of nitrogens with one attached hydrogen (secondary N) is 2. The number of ether oxygens (including phenoxy) is 1. The SMILES string of the molecule is COc1ccc(S(=O)(=O)Nc2ccc(NCC(C)C)cn2)cc1C. The Labute approximate surface area is 143 Å². The van der Waals surface area contributed by atoms with Crippen LogP contribution in [0.4, 0.5) is 11.5 Å². The third kappa shape index (κ3) is 4.61. The lowest BCUT2D eigenvalue weighted by Crippen LogP contribution is -2.14. The zero-order valence-corrected chi connectivity index (χ0v) is 15.1. The molecule has 2 aromatic rings. The third-order valence-corrected chi connectivity index (χ3v) is 4.75. The summed E-state index contributed by atoms with van der Waals surface area (Å²) in [5.41, 5.74) is 1.61. The molecule has 130 valence electrons. The second-order valence-electron chi connectivity index (χ2n) is 5.94. The summed E-state index contributed by atoms with van der Waals surface area (Å²) in [4.78, 5) is 4.32. The fraction of sp³-hybridized carbons (Fsp3) is 0.353. The van der Waals surface area contributed by atoms with E-state index in [0.29, 0.717) is 11.7 Å². The maximum absolute atomic E-state index is 12.4. The molecule has 0 fully saturated rings. The number of pyridine rings is 1. The van der Waals surface area contributed by atoms with Crippen molar-refractivity contribution < 1.29 is 13.2 Å². The molecule has 0 saturated heterocycles. The van der Waals surface area contributed by atoms with Crippen molar-refractivity contribution >= 4 is 21.5 Å². The molecular formula is C17H23N3O3S. The molecule has 2 rings (SSSR count). The summed E-state index contributed by atoms with van der Waals surface area (Å²) in [6.07, 6.45) is 1.61. The van der Waals surface area contributed by atoms with Gasteiger partial charge in [-0.05, 0) is 48.7 Å². The zero-order chi connectivity index (χ0) is 17.7. The van der Waals surface area contributed by atoms with E-state index in [1.54, 1.807) is 44.5 Å². The van der Waals surface area contributed by atoms with Crippen LogP contribution in [0.2, 0.25) is 0 Å². The molecule has 7 heteroatoms. The molecule has 2 N–H and O–H groups in total. The zero-order valence-electron chi connectivity index (χ0n) is 14.3. The van der Waals surface area contributed by atoms with Crippen LogP contribution < -0.4 is 14.8 Å². The van der Waals surface area contributed by atoms with Gasteiger partial charge in [0.15, 0.2) is 0 Å². The molecule has 0 saturated carbocycles. The molecule has 0 bridgehead atoms. The van der Waals surface area contributed by atoms with Gasteiger partial charge < -0.3 is 10.1 Å². The van der Waals surface area contributed by atoms with Gasteiger partial charge >= 0.3 is 0 Å². The Morgan fingerprint density at radius 3 is 2.50 bits per heavy atom. The highest BCUT2D eigenvalue weighted by Gasteiger charge is 2.16. The average molecular weight is 349 g/mol. The molecule has 0 aliphatic rings. The number of aryl methyl sites for hydroxylation is 1. The number of methoxy groups -OCH3 is 1. The molecular weight excluding hydrogens is 326 g/mol. The predicted molar refractivity (Wildman–Crippen MR) is 96.1 cm³/mol. The summed E-state index contributed by atoms with van der Waals surface area (Å²) in [6.45, 7) is 6.85. The highest BCUT2D eigenvalue weighted by molar-refractivity contribution is 7.92. The van der Waals surface area contributed by atoms with Gasteiger partial charge in [-0.1, -0.05) is 13.8 Å². The minimum absolute atomic E-state index is 0.171. The van der Waals surface area contributed by atoms with Gasteiger partial charge in [-0.2, -0.15) is 0 Å². The molecule has 0 aliphatic carbocycles. The molecule has 0 atom stereocenters. The molecule has 0 radical (unpaired) electrons. The monoisotopic (exact) mass is 349 g/mol. The van der Waals surface area contributed by atoms with Gasteiger partial charge in [0, 0.05) is 6.54 Å². The van der Waals surface area contributed by atoms with Crippen molar-refractivity contribution in [2.75, 3.05) is 23.7 Å². The van der Waals surface area contributed by atoms with Gasteiger partial charge in [0.1, 0.15) is 11.6 Å². The van der Waals surface area contributed by atoms with Gasteiger partial charge in [-0.25, -0.2) is 13.4 Å². The second kappa shape index (κ2) is 7.53. The number of anilines is 2. The molecule has 6 nitrogen and oxygen atoms in total. The topological polar surface area (TPSA) is 80.3 Å². The highest BCUT2D eigenvalue weighted by Crippen LogP contribution is 2.23. The first kappa shape index (κ1) is 18.1. The van der Waals surface area contributed by atoms with Crippen LogP contribution in [0.15, 0.2) is 41.4 Å². The molecule has 0 amide bonds. The van der Waals surface area contributed by atoms with E-state index in [2.05, 4.69) is 28.9 Å². The number of benzene rings is 1. The van der Waals surface area contributed by atoms with E-state index in [9.17, 15) is 8.42 Å². The smallest absolute Gasteiger partial charge is 0.263 e. The van der Waals surface area contributed by atoms with Crippen molar-refractivity contribution in [3.05, 3.63) is 42.1 Å². The lowest BCUT2D eigenvalue weighted by atomic mass is 10.2. The quantitative estimate of drug-likeness (QED) is 0.802. The summed E-state index contributed by atoms with van der Waals surface area (Å²) in [6, 6.07) is 8.14. The van der Waals surface area contributed by atoms with Gasteiger partial charge in [0.25, 0.3) is 10.0 Å². The van der Waals surface area contributed by atoms with E-state index in [0.717, 1.165) is 17.8 Å². The Morgan fingerprint density at radius 2 is 1.96 bits per heavy atom. The van der Waals surface area contributed by atoms with E-state index in [1.807, 2.05) is 0 Å².